The van der Waals surface area contributed by atoms with E-state index in [2.05, 4.69) is 15.0 Å². The van der Waals surface area contributed by atoms with Crippen LogP contribution in [-0.4, -0.2) is 71.4 Å². The fourth-order valence-corrected chi connectivity index (χ4v) is 5.54. The minimum absolute atomic E-state index is 0.0178. The highest BCUT2D eigenvalue weighted by atomic mass is 35.5. The molecule has 0 amide bonds. The lowest BCUT2D eigenvalue weighted by molar-refractivity contribution is 0.00706. The van der Waals surface area contributed by atoms with Crippen molar-refractivity contribution in [2.24, 2.45) is 5.92 Å². The first kappa shape index (κ1) is 26.4. The monoisotopic (exact) mass is 563 g/mol. The molecule has 3 aromatic rings. The molecule has 6 rings (SSSR count). The lowest BCUT2D eigenvalue weighted by Gasteiger charge is -2.21. The van der Waals surface area contributed by atoms with Gasteiger partial charge in [0.05, 0.1) is 24.3 Å². The van der Waals surface area contributed by atoms with Gasteiger partial charge in [-0.3, -0.25) is 0 Å². The number of nitrogens with one attached hydrogen (secondary N) is 1. The van der Waals surface area contributed by atoms with Gasteiger partial charge in [0.2, 0.25) is 5.88 Å². The molecule has 2 aliphatic heterocycles. The molecular weight excluding hydrogens is 536 g/mol. The summed E-state index contributed by atoms with van der Waals surface area (Å²) in [6.07, 6.45) is 2.51. The topological polar surface area (TPSA) is 108 Å². The molecule has 2 fully saturated rings. The maximum Gasteiger partial charge on any atom is 0.296 e. The standard InChI is InChI=1S/C27H28ClF2N3O6/c1-35-9-13-2-4-14(5-3-13)15-6-18(29)16(19(30)7-15)10-38-26-17(28)8-20-25(32-26)33-27(31-20)39-22-12-37-23-21(34)11-36-24(22)23/h4,6-8,13,21-24,34H,2-3,5,9-12H2,1H3,(H,31,32,33)/t13?,21-,22-,23?,24?/m1/s1. The van der Waals surface area contributed by atoms with Crippen LogP contribution >= 0.6 is 11.6 Å². The number of rotatable bonds is 8. The van der Waals surface area contributed by atoms with Gasteiger partial charge in [0.25, 0.3) is 6.01 Å². The molecule has 0 radical (unpaired) electrons. The second-order valence-electron chi connectivity index (χ2n) is 10.0. The molecule has 5 atom stereocenters. The number of aliphatic hydroxyl groups excluding tert-OH is 1. The van der Waals surface area contributed by atoms with E-state index in [4.69, 9.17) is 35.3 Å². The van der Waals surface area contributed by atoms with Gasteiger partial charge >= 0.3 is 0 Å². The average Bonchev–Trinajstić information content (AvgIpc) is 3.60. The van der Waals surface area contributed by atoms with Gasteiger partial charge in [-0.2, -0.15) is 9.97 Å². The quantitative estimate of drug-likeness (QED) is 0.420. The number of allylic oxidation sites excluding steroid dienone is 2. The van der Waals surface area contributed by atoms with E-state index in [0.29, 0.717) is 23.6 Å². The summed E-state index contributed by atoms with van der Waals surface area (Å²) in [5, 5.41) is 10.0. The number of aliphatic hydroxyl groups is 1. The summed E-state index contributed by atoms with van der Waals surface area (Å²) in [5.41, 5.74) is 1.98. The molecule has 39 heavy (non-hydrogen) atoms. The van der Waals surface area contributed by atoms with Gasteiger partial charge in [-0.1, -0.05) is 17.7 Å². The molecular formula is C27H28ClF2N3O6. The number of aromatic amines is 1. The third kappa shape index (κ3) is 5.33. The van der Waals surface area contributed by atoms with Gasteiger partial charge in [-0.05, 0) is 54.5 Å². The van der Waals surface area contributed by atoms with Crippen molar-refractivity contribution in [3.8, 4) is 11.9 Å². The zero-order valence-corrected chi connectivity index (χ0v) is 21.9. The molecule has 9 nitrogen and oxygen atoms in total. The Morgan fingerprint density at radius 3 is 2.67 bits per heavy atom. The fraction of sp³-hybridized carbons (Fsp3) is 0.481. The maximum atomic E-state index is 14.9. The van der Waals surface area contributed by atoms with Gasteiger partial charge in [-0.15, -0.1) is 0 Å². The van der Waals surface area contributed by atoms with Crippen molar-refractivity contribution in [2.75, 3.05) is 26.9 Å². The van der Waals surface area contributed by atoms with Crippen molar-refractivity contribution in [1.29, 1.82) is 0 Å². The van der Waals surface area contributed by atoms with Crippen LogP contribution in [-0.2, 0) is 20.8 Å². The Morgan fingerprint density at radius 2 is 1.92 bits per heavy atom. The van der Waals surface area contributed by atoms with E-state index in [1.807, 2.05) is 6.08 Å². The summed E-state index contributed by atoms with van der Waals surface area (Å²) in [5.74, 6) is -0.995. The molecule has 3 unspecified atom stereocenters. The largest absolute Gasteiger partial charge is 0.471 e. The normalized spacial score (nSPS) is 26.6. The van der Waals surface area contributed by atoms with Crippen LogP contribution in [0, 0.1) is 17.6 Å². The van der Waals surface area contributed by atoms with E-state index in [9.17, 15) is 13.9 Å². The highest BCUT2D eigenvalue weighted by molar-refractivity contribution is 6.32. The lowest BCUT2D eigenvalue weighted by atomic mass is 9.86. The number of H-pyrrole nitrogens is 1. The summed E-state index contributed by atoms with van der Waals surface area (Å²) in [7, 11) is 1.67. The van der Waals surface area contributed by atoms with Crippen LogP contribution in [0.5, 0.6) is 11.9 Å². The predicted molar refractivity (Wildman–Crippen MR) is 137 cm³/mol. The van der Waals surface area contributed by atoms with Crippen LogP contribution in [0.1, 0.15) is 30.4 Å². The van der Waals surface area contributed by atoms with Crippen LogP contribution in [0.15, 0.2) is 24.3 Å². The van der Waals surface area contributed by atoms with Crippen molar-refractivity contribution >= 4 is 28.3 Å². The molecule has 0 spiro atoms. The highest BCUT2D eigenvalue weighted by Gasteiger charge is 2.48. The van der Waals surface area contributed by atoms with E-state index in [1.165, 1.54) is 12.1 Å². The first-order valence-electron chi connectivity index (χ1n) is 12.8. The van der Waals surface area contributed by atoms with Gasteiger partial charge < -0.3 is 33.8 Å². The first-order chi connectivity index (χ1) is 18.9. The van der Waals surface area contributed by atoms with E-state index in [-0.39, 0.29) is 41.3 Å². The lowest BCUT2D eigenvalue weighted by Crippen LogP contribution is -2.34. The molecule has 1 aromatic carbocycles. The number of halogens is 3. The number of benzene rings is 1. The van der Waals surface area contributed by atoms with Crippen molar-refractivity contribution in [2.45, 2.75) is 50.3 Å². The zero-order valence-electron chi connectivity index (χ0n) is 21.2. The second kappa shape index (κ2) is 11.0. The molecule has 2 aromatic heterocycles. The summed E-state index contributed by atoms with van der Waals surface area (Å²) < 4.78 is 57.7. The Kier molecular flexibility index (Phi) is 7.43. The number of methoxy groups -OCH3 is 1. The zero-order chi connectivity index (χ0) is 27.1. The molecule has 2 saturated heterocycles. The van der Waals surface area contributed by atoms with E-state index < -0.39 is 42.7 Å². The summed E-state index contributed by atoms with van der Waals surface area (Å²) in [4.78, 5) is 11.6. The van der Waals surface area contributed by atoms with Gasteiger partial charge in [0.1, 0.15) is 41.6 Å². The Bertz CT molecular complexity index is 1380. The van der Waals surface area contributed by atoms with Gasteiger partial charge in [-0.25, -0.2) is 8.78 Å². The molecule has 4 heterocycles. The summed E-state index contributed by atoms with van der Waals surface area (Å²) >= 11 is 6.33. The van der Waals surface area contributed by atoms with Crippen molar-refractivity contribution < 1.29 is 37.6 Å². The van der Waals surface area contributed by atoms with Crippen LogP contribution in [0.2, 0.25) is 5.02 Å². The second-order valence-corrected chi connectivity index (χ2v) is 10.4. The van der Waals surface area contributed by atoms with Crippen LogP contribution in [0.3, 0.4) is 0 Å². The number of aromatic nitrogens is 3. The van der Waals surface area contributed by atoms with Crippen LogP contribution < -0.4 is 9.47 Å². The Hall–Kier alpha value is -2.83. The molecule has 0 saturated carbocycles. The number of nitrogens with zero attached hydrogens (tertiary/aromatic N) is 2. The fourth-order valence-electron chi connectivity index (χ4n) is 5.33. The number of hydrogen-bond acceptors (Lipinski definition) is 8. The highest BCUT2D eigenvalue weighted by Crippen LogP contribution is 2.34. The third-order valence-electron chi connectivity index (χ3n) is 7.40. The number of pyridine rings is 1. The maximum absolute atomic E-state index is 14.9. The molecule has 208 valence electrons. The molecule has 3 aliphatic rings. The molecule has 1 aliphatic carbocycles. The van der Waals surface area contributed by atoms with Crippen molar-refractivity contribution in [1.82, 2.24) is 15.0 Å². The number of hydrogen-bond donors (Lipinski definition) is 2. The SMILES string of the molecule is COCC1CC=C(c2cc(F)c(COc3nc4nc(O[C@@H]5COC6C5OC[C@H]6O)[nH]c4cc3Cl)c(F)c2)CC1. The minimum Gasteiger partial charge on any atom is -0.471 e. The Labute approximate surface area is 228 Å². The van der Waals surface area contributed by atoms with E-state index >= 15 is 0 Å². The smallest absolute Gasteiger partial charge is 0.296 e. The summed E-state index contributed by atoms with van der Waals surface area (Å²) in [6.45, 7) is 0.701. The number of ether oxygens (including phenoxy) is 5. The van der Waals surface area contributed by atoms with E-state index in [0.717, 1.165) is 24.8 Å². The van der Waals surface area contributed by atoms with E-state index in [1.54, 1.807) is 13.2 Å². The molecule has 2 N–H and O–H groups in total. The Morgan fingerprint density at radius 1 is 1.13 bits per heavy atom. The summed E-state index contributed by atoms with van der Waals surface area (Å²) in [6, 6.07) is 4.39. The molecule has 0 bridgehead atoms. The molecule has 12 heteroatoms. The minimum atomic E-state index is -0.700. The number of imidazole rings is 1. The third-order valence-corrected chi connectivity index (χ3v) is 7.68. The first-order valence-corrected chi connectivity index (χ1v) is 13.2. The van der Waals surface area contributed by atoms with Crippen molar-refractivity contribution in [3.63, 3.8) is 0 Å². The van der Waals surface area contributed by atoms with Gasteiger partial charge in [0.15, 0.2) is 11.8 Å². The number of fused-ring (bicyclic) bond motifs is 2. The van der Waals surface area contributed by atoms with Crippen LogP contribution in [0.4, 0.5) is 8.78 Å². The average molecular weight is 564 g/mol. The Balaban J connectivity index is 1.14. The van der Waals surface area contributed by atoms with Gasteiger partial charge in [0, 0.05) is 13.7 Å². The predicted octanol–water partition coefficient (Wildman–Crippen LogP) is 4.20. The van der Waals surface area contributed by atoms with Crippen molar-refractivity contribution in [3.05, 3.63) is 52.1 Å². The van der Waals surface area contributed by atoms with Crippen LogP contribution in [0.25, 0.3) is 16.7 Å².